The fraction of sp³-hybridized carbons (Fsp3) is 0.375. The zero-order valence-corrected chi connectivity index (χ0v) is 21.6. The molecule has 1 aromatic heterocycles. The molecule has 31 heavy (non-hydrogen) atoms. The van der Waals surface area contributed by atoms with Crippen LogP contribution in [0.2, 0.25) is 0 Å². The largest absolute Gasteiger partial charge is 0.492 e. The number of hydrogen-bond acceptors (Lipinski definition) is 4. The summed E-state index contributed by atoms with van der Waals surface area (Å²) in [6.07, 6.45) is 2.52. The first kappa shape index (κ1) is 23.7. The van der Waals surface area contributed by atoms with E-state index < -0.39 is 0 Å². The Morgan fingerprint density at radius 1 is 1.16 bits per heavy atom. The van der Waals surface area contributed by atoms with Crippen molar-refractivity contribution in [3.8, 4) is 5.75 Å². The molecule has 0 spiro atoms. The molecule has 0 aliphatic rings. The average Bonchev–Trinajstić information content (AvgIpc) is 2.71. The number of nitrogens with zero attached hydrogens (tertiary/aromatic N) is 3. The van der Waals surface area contributed by atoms with E-state index in [-0.39, 0.29) is 16.9 Å². The lowest BCUT2D eigenvalue weighted by Gasteiger charge is -2.20. The van der Waals surface area contributed by atoms with Crippen molar-refractivity contribution in [3.63, 3.8) is 0 Å². The van der Waals surface area contributed by atoms with Crippen molar-refractivity contribution in [2.24, 2.45) is 10.5 Å². The van der Waals surface area contributed by atoms with Crippen LogP contribution in [0.25, 0.3) is 10.9 Å². The third-order valence-corrected chi connectivity index (χ3v) is 5.82. The Labute approximate surface area is 199 Å². The zero-order chi connectivity index (χ0) is 22.8. The predicted octanol–water partition coefficient (Wildman–Crippen LogP) is 6.74. The van der Waals surface area contributed by atoms with Gasteiger partial charge in [0.1, 0.15) is 11.6 Å². The predicted molar refractivity (Wildman–Crippen MR) is 134 cm³/mol. The highest BCUT2D eigenvalue weighted by Gasteiger charge is 2.16. The van der Waals surface area contributed by atoms with E-state index in [2.05, 4.69) is 71.6 Å². The minimum atomic E-state index is -0.190. The molecule has 1 atom stereocenters. The highest BCUT2D eigenvalue weighted by Crippen LogP contribution is 2.25. The fourth-order valence-electron chi connectivity index (χ4n) is 2.94. The van der Waals surface area contributed by atoms with E-state index in [4.69, 9.17) is 9.72 Å². The molecule has 2 aromatic carbocycles. The first-order valence-electron chi connectivity index (χ1n) is 10.3. The molecule has 7 heteroatoms. The lowest BCUT2D eigenvalue weighted by molar-refractivity contribution is 0.197. The highest BCUT2D eigenvalue weighted by molar-refractivity contribution is 9.10. The normalized spacial score (nSPS) is 13.1. The zero-order valence-electron chi connectivity index (χ0n) is 18.4. The summed E-state index contributed by atoms with van der Waals surface area (Å²) in [5, 5.41) is 5.10. The van der Waals surface area contributed by atoms with E-state index in [1.165, 1.54) is 4.68 Å². The number of aromatic nitrogens is 2. The summed E-state index contributed by atoms with van der Waals surface area (Å²) in [5.41, 5.74) is 1.30. The van der Waals surface area contributed by atoms with Gasteiger partial charge in [-0.15, -0.1) is 0 Å². The number of halogens is 2. The molecule has 0 aliphatic carbocycles. The van der Waals surface area contributed by atoms with Crippen LogP contribution < -0.4 is 10.3 Å². The second kappa shape index (κ2) is 9.65. The molecule has 0 saturated heterocycles. The number of ether oxygens (including phenoxy) is 1. The van der Waals surface area contributed by atoms with Gasteiger partial charge in [-0.2, -0.15) is 9.78 Å². The SMILES string of the molecule is CC[C@@H](C)c1nc2ccc(Br)cc2c(=O)n1N=Cc1cc(Br)ccc1OCC(C)(C)C. The van der Waals surface area contributed by atoms with Crippen molar-refractivity contribution < 1.29 is 4.74 Å². The van der Waals surface area contributed by atoms with Gasteiger partial charge in [-0.25, -0.2) is 4.98 Å². The molecule has 0 unspecified atom stereocenters. The summed E-state index contributed by atoms with van der Waals surface area (Å²) in [5.74, 6) is 1.44. The Balaban J connectivity index is 2.11. The second-order valence-corrected chi connectivity index (χ2v) is 10.7. The van der Waals surface area contributed by atoms with Crippen LogP contribution in [0.4, 0.5) is 0 Å². The summed E-state index contributed by atoms with van der Waals surface area (Å²) >= 11 is 6.96. The molecular weight excluding hydrogens is 522 g/mol. The molecule has 164 valence electrons. The van der Waals surface area contributed by atoms with Gasteiger partial charge in [0.05, 0.1) is 23.7 Å². The first-order valence-corrected chi connectivity index (χ1v) is 11.9. The van der Waals surface area contributed by atoms with Gasteiger partial charge in [-0.3, -0.25) is 4.79 Å². The Morgan fingerprint density at radius 3 is 2.52 bits per heavy atom. The molecule has 0 radical (unpaired) electrons. The number of rotatable bonds is 6. The van der Waals surface area contributed by atoms with Gasteiger partial charge >= 0.3 is 0 Å². The molecule has 5 nitrogen and oxygen atoms in total. The van der Waals surface area contributed by atoms with Crippen LogP contribution >= 0.6 is 31.9 Å². The second-order valence-electron chi connectivity index (χ2n) is 8.83. The monoisotopic (exact) mass is 547 g/mol. The molecule has 0 N–H and O–H groups in total. The van der Waals surface area contributed by atoms with Crippen LogP contribution in [0.3, 0.4) is 0 Å². The van der Waals surface area contributed by atoms with Crippen molar-refractivity contribution >= 4 is 49.0 Å². The molecule has 0 amide bonds. The Bertz CT molecular complexity index is 1180. The van der Waals surface area contributed by atoms with Gasteiger partial charge in [0.15, 0.2) is 0 Å². The Morgan fingerprint density at radius 2 is 1.84 bits per heavy atom. The summed E-state index contributed by atoms with van der Waals surface area (Å²) in [6, 6.07) is 11.3. The number of fused-ring (bicyclic) bond motifs is 1. The molecule has 0 fully saturated rings. The van der Waals surface area contributed by atoms with Gasteiger partial charge in [0.25, 0.3) is 5.56 Å². The van der Waals surface area contributed by atoms with Gasteiger partial charge in [-0.05, 0) is 48.2 Å². The van der Waals surface area contributed by atoms with Crippen molar-refractivity contribution in [2.45, 2.75) is 47.0 Å². The van der Waals surface area contributed by atoms with E-state index in [0.29, 0.717) is 23.3 Å². The maximum absolute atomic E-state index is 13.3. The van der Waals surface area contributed by atoms with E-state index in [1.807, 2.05) is 30.3 Å². The lowest BCUT2D eigenvalue weighted by atomic mass is 9.99. The van der Waals surface area contributed by atoms with Gasteiger partial charge < -0.3 is 4.74 Å². The van der Waals surface area contributed by atoms with Crippen LogP contribution in [0, 0.1) is 5.41 Å². The highest BCUT2D eigenvalue weighted by atomic mass is 79.9. The maximum atomic E-state index is 13.3. The Kier molecular flexibility index (Phi) is 7.37. The fourth-order valence-corrected chi connectivity index (χ4v) is 3.68. The van der Waals surface area contributed by atoms with Crippen LogP contribution in [0.5, 0.6) is 5.75 Å². The number of benzene rings is 2. The van der Waals surface area contributed by atoms with Crippen LogP contribution in [0.15, 0.2) is 55.2 Å². The average molecular weight is 549 g/mol. The quantitative estimate of drug-likeness (QED) is 0.320. The van der Waals surface area contributed by atoms with E-state index in [1.54, 1.807) is 12.3 Å². The molecule has 3 rings (SSSR count). The van der Waals surface area contributed by atoms with E-state index in [9.17, 15) is 4.79 Å². The third kappa shape index (κ3) is 5.83. The van der Waals surface area contributed by atoms with Crippen LogP contribution in [-0.4, -0.2) is 22.5 Å². The molecular formula is C24H27Br2N3O2. The lowest BCUT2D eigenvalue weighted by Crippen LogP contribution is -2.23. The molecule has 0 saturated carbocycles. The van der Waals surface area contributed by atoms with Gasteiger partial charge in [-0.1, -0.05) is 66.5 Å². The molecule has 3 aromatic rings. The minimum Gasteiger partial charge on any atom is -0.492 e. The standard InChI is InChI=1S/C24H27Br2N3O2/c1-6-15(2)22-28-20-9-7-18(26)12-19(20)23(30)29(22)27-13-16-11-17(25)8-10-21(16)31-14-24(3,4)5/h7-13,15H,6,14H2,1-5H3/t15-/m1/s1. The summed E-state index contributed by atoms with van der Waals surface area (Å²) in [4.78, 5) is 18.1. The van der Waals surface area contributed by atoms with Crippen molar-refractivity contribution in [1.29, 1.82) is 0 Å². The van der Waals surface area contributed by atoms with Gasteiger partial charge in [0.2, 0.25) is 0 Å². The van der Waals surface area contributed by atoms with Crippen molar-refractivity contribution in [3.05, 3.63) is 67.1 Å². The number of hydrogen-bond donors (Lipinski definition) is 0. The minimum absolute atomic E-state index is 0.0256. The first-order chi connectivity index (χ1) is 14.6. The van der Waals surface area contributed by atoms with E-state index in [0.717, 1.165) is 26.7 Å². The van der Waals surface area contributed by atoms with Crippen molar-refractivity contribution in [1.82, 2.24) is 9.66 Å². The smallest absolute Gasteiger partial charge is 0.282 e. The third-order valence-electron chi connectivity index (χ3n) is 4.83. The summed E-state index contributed by atoms with van der Waals surface area (Å²) in [6.45, 7) is 11.1. The maximum Gasteiger partial charge on any atom is 0.282 e. The summed E-state index contributed by atoms with van der Waals surface area (Å²) in [7, 11) is 0. The van der Waals surface area contributed by atoms with Crippen LogP contribution in [-0.2, 0) is 0 Å². The van der Waals surface area contributed by atoms with Gasteiger partial charge in [0, 0.05) is 20.4 Å². The summed E-state index contributed by atoms with van der Waals surface area (Å²) < 4.78 is 9.19. The molecule has 0 bridgehead atoms. The van der Waals surface area contributed by atoms with Crippen LogP contribution in [0.1, 0.15) is 58.3 Å². The van der Waals surface area contributed by atoms with E-state index >= 15 is 0 Å². The molecule has 1 heterocycles. The van der Waals surface area contributed by atoms with Crippen molar-refractivity contribution in [2.75, 3.05) is 6.61 Å². The topological polar surface area (TPSA) is 56.5 Å². The Hall–Kier alpha value is -1.99. The molecule has 0 aliphatic heterocycles.